The number of carbonyl (C=O) groups is 2. The molecule has 2 aromatic carbocycles. The molecule has 0 bridgehead atoms. The number of nitrogens with zero attached hydrogens (tertiary/aromatic N) is 1. The van der Waals surface area contributed by atoms with Crippen LogP contribution in [0.5, 0.6) is 0 Å². The predicted octanol–water partition coefficient (Wildman–Crippen LogP) is 4.36. The van der Waals surface area contributed by atoms with Crippen LogP contribution in [0.3, 0.4) is 0 Å². The second-order valence-electron chi connectivity index (χ2n) is 9.79. The Hall–Kier alpha value is -3.16. The number of nitrogens with one attached hydrogen (secondary N) is 2. The van der Waals surface area contributed by atoms with Crippen LogP contribution in [0.25, 0.3) is 0 Å². The maximum atomic E-state index is 13.3. The number of imide groups is 1. The molecule has 1 spiro atoms. The fourth-order valence-electron chi connectivity index (χ4n) is 4.98. The van der Waals surface area contributed by atoms with E-state index in [0.717, 1.165) is 10.5 Å². The summed E-state index contributed by atoms with van der Waals surface area (Å²) < 4.78 is 86.0. The number of rotatable bonds is 7. The van der Waals surface area contributed by atoms with Gasteiger partial charge in [0.15, 0.2) is 0 Å². The highest BCUT2D eigenvalue weighted by atomic mass is 19.4. The first kappa shape index (κ1) is 28.8. The number of ether oxygens (including phenoxy) is 1. The largest absolute Gasteiger partial charge is 0.416 e. The van der Waals surface area contributed by atoms with Crippen LogP contribution in [0.15, 0.2) is 48.5 Å². The minimum atomic E-state index is -4.98. The Bertz CT molecular complexity index is 1180. The van der Waals surface area contributed by atoms with Crippen LogP contribution < -0.4 is 10.6 Å². The minimum absolute atomic E-state index is 0.00603. The standard InChI is InChI=1S/C26H27F6N3O4/c1-16(17-11-19(25(27,28)29)13-20(12-17)26(30,31)32)39-15-24(18-5-3-2-4-6-18)8-7-23(14-33-24)21(37)35(9-10-36)22(38)34-23/h2-6,11-13,16,33,36H,7-10,14-15H2,1H3,(H,34,38)/t16-,23-,24-/m1/s1. The molecule has 3 amide bonds. The number of aliphatic hydroxyl groups is 1. The second-order valence-corrected chi connectivity index (χ2v) is 9.79. The summed E-state index contributed by atoms with van der Waals surface area (Å²) in [5.74, 6) is -0.492. The fourth-order valence-corrected chi connectivity index (χ4v) is 4.98. The summed E-state index contributed by atoms with van der Waals surface area (Å²) in [5, 5.41) is 15.1. The molecule has 3 atom stereocenters. The lowest BCUT2D eigenvalue weighted by Crippen LogP contribution is -2.64. The molecule has 3 N–H and O–H groups in total. The highest BCUT2D eigenvalue weighted by Gasteiger charge is 2.55. The quantitative estimate of drug-likeness (QED) is 0.347. The molecule has 2 fully saturated rings. The van der Waals surface area contributed by atoms with Crippen molar-refractivity contribution >= 4 is 11.9 Å². The molecule has 0 saturated carbocycles. The maximum absolute atomic E-state index is 13.3. The molecule has 13 heteroatoms. The number of halogens is 6. The van der Waals surface area contributed by atoms with Gasteiger partial charge in [0.2, 0.25) is 0 Å². The Morgan fingerprint density at radius 3 is 2.13 bits per heavy atom. The normalized spacial score (nSPS) is 24.8. The van der Waals surface area contributed by atoms with E-state index in [-0.39, 0.29) is 44.2 Å². The number of hydrogen-bond donors (Lipinski definition) is 3. The van der Waals surface area contributed by atoms with E-state index >= 15 is 0 Å². The molecule has 4 rings (SSSR count). The number of β-amino-alcohol motifs (C(OH)–C–C–N with tert-alkyl or cyclic N) is 1. The second kappa shape index (κ2) is 10.4. The van der Waals surface area contributed by atoms with E-state index in [0.29, 0.717) is 12.1 Å². The summed E-state index contributed by atoms with van der Waals surface area (Å²) in [4.78, 5) is 26.2. The van der Waals surface area contributed by atoms with Crippen molar-refractivity contribution in [2.24, 2.45) is 0 Å². The summed E-state index contributed by atoms with van der Waals surface area (Å²) in [7, 11) is 0. The summed E-state index contributed by atoms with van der Waals surface area (Å²) in [6.45, 7) is 0.663. The minimum Gasteiger partial charge on any atom is -0.395 e. The molecule has 7 nitrogen and oxygen atoms in total. The first-order valence-electron chi connectivity index (χ1n) is 12.2. The summed E-state index contributed by atoms with van der Waals surface area (Å²) in [6.07, 6.45) is -10.7. The van der Waals surface area contributed by atoms with Gasteiger partial charge >= 0.3 is 18.4 Å². The zero-order chi connectivity index (χ0) is 28.6. The number of piperidine rings is 1. The highest BCUT2D eigenvalue weighted by molar-refractivity contribution is 6.07. The molecule has 0 radical (unpaired) electrons. The molecule has 2 aromatic rings. The van der Waals surface area contributed by atoms with Gasteiger partial charge < -0.3 is 20.5 Å². The lowest BCUT2D eigenvalue weighted by Gasteiger charge is -2.45. The monoisotopic (exact) mass is 559 g/mol. The molecule has 0 aromatic heterocycles. The Morgan fingerprint density at radius 2 is 1.62 bits per heavy atom. The molecular formula is C26H27F6N3O4. The average molecular weight is 560 g/mol. The molecule has 2 aliphatic rings. The lowest BCUT2D eigenvalue weighted by molar-refractivity contribution is -0.143. The number of aliphatic hydroxyl groups excluding tert-OH is 1. The van der Waals surface area contributed by atoms with Gasteiger partial charge in [-0.1, -0.05) is 30.3 Å². The van der Waals surface area contributed by atoms with Gasteiger partial charge in [0, 0.05) is 6.54 Å². The predicted molar refractivity (Wildman–Crippen MR) is 126 cm³/mol. The third-order valence-corrected chi connectivity index (χ3v) is 7.26. The van der Waals surface area contributed by atoms with Gasteiger partial charge in [-0.2, -0.15) is 26.3 Å². The Morgan fingerprint density at radius 1 is 1.00 bits per heavy atom. The van der Waals surface area contributed by atoms with E-state index in [9.17, 15) is 41.0 Å². The van der Waals surface area contributed by atoms with E-state index < -0.39 is 59.2 Å². The Kier molecular flexibility index (Phi) is 7.71. The molecule has 2 heterocycles. The van der Waals surface area contributed by atoms with Crippen molar-refractivity contribution < 1.29 is 45.8 Å². The fraction of sp³-hybridized carbons (Fsp3) is 0.462. The molecule has 0 unspecified atom stereocenters. The van der Waals surface area contributed by atoms with Crippen molar-refractivity contribution in [3.63, 3.8) is 0 Å². The number of urea groups is 1. The van der Waals surface area contributed by atoms with Crippen LogP contribution in [-0.2, 0) is 27.4 Å². The number of benzene rings is 2. The number of amides is 3. The van der Waals surface area contributed by atoms with Gasteiger partial charge in [0.25, 0.3) is 5.91 Å². The topological polar surface area (TPSA) is 90.9 Å². The van der Waals surface area contributed by atoms with Gasteiger partial charge in [-0.05, 0) is 49.1 Å². The van der Waals surface area contributed by atoms with E-state index in [2.05, 4.69) is 10.6 Å². The number of hydrogen-bond acceptors (Lipinski definition) is 5. The van der Waals surface area contributed by atoms with E-state index in [1.165, 1.54) is 6.92 Å². The van der Waals surface area contributed by atoms with Crippen LogP contribution >= 0.6 is 0 Å². The van der Waals surface area contributed by atoms with Gasteiger partial charge in [0.1, 0.15) is 5.54 Å². The lowest BCUT2D eigenvalue weighted by atomic mass is 9.76. The Labute approximate surface area is 220 Å². The van der Waals surface area contributed by atoms with Gasteiger partial charge in [-0.15, -0.1) is 0 Å². The summed E-state index contributed by atoms with van der Waals surface area (Å²) in [6, 6.07) is 9.60. The van der Waals surface area contributed by atoms with Gasteiger partial charge in [-0.25, -0.2) is 4.79 Å². The van der Waals surface area contributed by atoms with E-state index in [1.807, 2.05) is 0 Å². The zero-order valence-electron chi connectivity index (χ0n) is 20.8. The van der Waals surface area contributed by atoms with Gasteiger partial charge in [-0.3, -0.25) is 9.69 Å². The van der Waals surface area contributed by atoms with Crippen LogP contribution in [0, 0.1) is 0 Å². The number of carbonyl (C=O) groups excluding carboxylic acids is 2. The molecule has 2 saturated heterocycles. The average Bonchev–Trinajstić information content (AvgIpc) is 3.12. The first-order valence-corrected chi connectivity index (χ1v) is 12.2. The third-order valence-electron chi connectivity index (χ3n) is 7.26. The summed E-state index contributed by atoms with van der Waals surface area (Å²) in [5.41, 5.74) is -4.62. The maximum Gasteiger partial charge on any atom is 0.416 e. The van der Waals surface area contributed by atoms with E-state index in [4.69, 9.17) is 4.74 Å². The molecular weight excluding hydrogens is 532 g/mol. The first-order chi connectivity index (χ1) is 18.2. The Balaban J connectivity index is 1.58. The highest BCUT2D eigenvalue weighted by Crippen LogP contribution is 2.40. The molecule has 2 aliphatic heterocycles. The van der Waals surface area contributed by atoms with Crippen LogP contribution in [0.2, 0.25) is 0 Å². The van der Waals surface area contributed by atoms with Gasteiger partial charge in [0.05, 0.1) is 42.5 Å². The molecule has 39 heavy (non-hydrogen) atoms. The SMILES string of the molecule is C[C@@H](OC[C@@]1(c2ccccc2)CC[C@]2(CN1)NC(=O)N(CCO)C2=O)c1cc(C(F)(F)F)cc(C(F)(F)F)c1. The van der Waals surface area contributed by atoms with E-state index in [1.54, 1.807) is 30.3 Å². The van der Waals surface area contributed by atoms with Crippen molar-refractivity contribution in [2.75, 3.05) is 26.3 Å². The molecule has 212 valence electrons. The third kappa shape index (κ3) is 5.75. The summed E-state index contributed by atoms with van der Waals surface area (Å²) >= 11 is 0. The number of alkyl halides is 6. The van der Waals surface area contributed by atoms with Crippen molar-refractivity contribution in [3.05, 3.63) is 70.8 Å². The zero-order valence-corrected chi connectivity index (χ0v) is 20.8. The van der Waals surface area contributed by atoms with Crippen LogP contribution in [0.1, 0.15) is 48.1 Å². The molecule has 0 aliphatic carbocycles. The van der Waals surface area contributed by atoms with Crippen molar-refractivity contribution in [1.82, 2.24) is 15.5 Å². The van der Waals surface area contributed by atoms with Crippen LogP contribution in [0.4, 0.5) is 31.1 Å². The van der Waals surface area contributed by atoms with Crippen molar-refractivity contribution in [1.29, 1.82) is 0 Å². The van der Waals surface area contributed by atoms with Crippen LogP contribution in [-0.4, -0.2) is 53.8 Å². The smallest absolute Gasteiger partial charge is 0.395 e. The van der Waals surface area contributed by atoms with Crippen molar-refractivity contribution in [3.8, 4) is 0 Å². The van der Waals surface area contributed by atoms with Crippen molar-refractivity contribution in [2.45, 2.75) is 49.3 Å².